The van der Waals surface area contributed by atoms with Crippen molar-refractivity contribution >= 4 is 12.0 Å². The van der Waals surface area contributed by atoms with E-state index in [1.165, 1.54) is 11.1 Å². The van der Waals surface area contributed by atoms with E-state index in [-0.39, 0.29) is 34.9 Å². The lowest BCUT2D eigenvalue weighted by atomic mass is 9.73. The van der Waals surface area contributed by atoms with E-state index in [1.54, 1.807) is 0 Å². The minimum Gasteiger partial charge on any atom is -0.352 e. The number of halogens is 6. The predicted octanol–water partition coefficient (Wildman–Crippen LogP) is 7.60. The fraction of sp³-hybridized carbons (Fsp3) is 0.516. The van der Waals surface area contributed by atoms with Crippen molar-refractivity contribution in [2.24, 2.45) is 11.3 Å². The zero-order chi connectivity index (χ0) is 28.9. The molecule has 2 atom stereocenters. The van der Waals surface area contributed by atoms with Gasteiger partial charge in [0.2, 0.25) is 5.91 Å². The van der Waals surface area contributed by atoms with E-state index in [2.05, 4.69) is 46.6 Å². The van der Waals surface area contributed by atoms with E-state index in [0.29, 0.717) is 25.0 Å². The molecule has 1 aliphatic heterocycles. The Labute approximate surface area is 230 Å². The van der Waals surface area contributed by atoms with Crippen molar-refractivity contribution in [1.82, 2.24) is 10.2 Å². The van der Waals surface area contributed by atoms with Gasteiger partial charge in [-0.2, -0.15) is 26.3 Å². The molecule has 5 rings (SSSR count). The summed E-state index contributed by atoms with van der Waals surface area (Å²) >= 11 is 0. The Bertz CT molecular complexity index is 1260. The highest BCUT2D eigenvalue weighted by molar-refractivity contribution is 5.83. The molecule has 1 amide bonds. The first-order chi connectivity index (χ1) is 18.7. The second-order valence-corrected chi connectivity index (χ2v) is 11.9. The summed E-state index contributed by atoms with van der Waals surface area (Å²) in [5.74, 6) is -0.345. The van der Waals surface area contributed by atoms with E-state index in [0.717, 1.165) is 32.4 Å². The van der Waals surface area contributed by atoms with Gasteiger partial charge in [0.1, 0.15) is 0 Å². The van der Waals surface area contributed by atoms with Crippen LogP contribution < -0.4 is 5.32 Å². The molecule has 0 aromatic heterocycles. The van der Waals surface area contributed by atoms with Gasteiger partial charge in [-0.05, 0) is 86.0 Å². The Morgan fingerprint density at radius 1 is 0.975 bits per heavy atom. The highest BCUT2D eigenvalue weighted by Crippen LogP contribution is 2.49. The van der Waals surface area contributed by atoms with Crippen LogP contribution in [-0.2, 0) is 29.1 Å². The lowest BCUT2D eigenvalue weighted by Gasteiger charge is -2.42. The maximum atomic E-state index is 13.5. The summed E-state index contributed by atoms with van der Waals surface area (Å²) in [5.41, 5.74) is -1.01. The van der Waals surface area contributed by atoms with Crippen molar-refractivity contribution in [3.05, 3.63) is 76.4 Å². The molecule has 1 heterocycles. The minimum absolute atomic E-state index is 0.0366. The van der Waals surface area contributed by atoms with Crippen molar-refractivity contribution in [3.63, 3.8) is 0 Å². The van der Waals surface area contributed by atoms with Gasteiger partial charge in [0.15, 0.2) is 0 Å². The molecular weight excluding hydrogens is 530 g/mol. The van der Waals surface area contributed by atoms with E-state index in [4.69, 9.17) is 0 Å². The molecule has 2 aliphatic carbocycles. The Hall–Kier alpha value is -2.81. The zero-order valence-electron chi connectivity index (χ0n) is 22.6. The third-order valence-corrected chi connectivity index (χ3v) is 9.47. The first kappa shape index (κ1) is 28.7. The van der Waals surface area contributed by atoms with Crippen LogP contribution in [0.2, 0.25) is 0 Å². The molecule has 2 aromatic carbocycles. The number of rotatable bonds is 5. The summed E-state index contributed by atoms with van der Waals surface area (Å²) in [7, 11) is 0. The van der Waals surface area contributed by atoms with Crippen molar-refractivity contribution in [2.45, 2.75) is 76.3 Å². The number of amides is 1. The molecule has 3 nitrogen and oxygen atoms in total. The number of allylic oxidation sites excluding steroid dienone is 1. The van der Waals surface area contributed by atoms with Crippen LogP contribution in [-0.4, -0.2) is 29.9 Å². The number of nitrogens with one attached hydrogen (secondary N) is 1. The quantitative estimate of drug-likeness (QED) is 0.380. The molecule has 1 saturated carbocycles. The maximum Gasteiger partial charge on any atom is 0.416 e. The highest BCUT2D eigenvalue weighted by Gasteiger charge is 2.50. The minimum atomic E-state index is -4.93. The van der Waals surface area contributed by atoms with E-state index in [1.807, 2.05) is 13.8 Å². The van der Waals surface area contributed by atoms with Gasteiger partial charge >= 0.3 is 12.4 Å². The second-order valence-electron chi connectivity index (χ2n) is 11.9. The highest BCUT2D eigenvalue weighted by atomic mass is 19.4. The lowest BCUT2D eigenvalue weighted by Crippen LogP contribution is -2.47. The van der Waals surface area contributed by atoms with Crippen LogP contribution in [0, 0.1) is 11.3 Å². The number of benzene rings is 2. The first-order valence-corrected chi connectivity index (χ1v) is 13.8. The van der Waals surface area contributed by atoms with Gasteiger partial charge in [0.05, 0.1) is 16.5 Å². The van der Waals surface area contributed by atoms with Gasteiger partial charge in [-0.15, -0.1) is 0 Å². The molecule has 1 N–H and O–H groups in total. The Morgan fingerprint density at radius 2 is 1.60 bits per heavy atom. The van der Waals surface area contributed by atoms with Crippen molar-refractivity contribution in [2.75, 3.05) is 13.1 Å². The zero-order valence-corrected chi connectivity index (χ0v) is 22.6. The fourth-order valence-electron chi connectivity index (χ4n) is 6.99. The number of nitrogens with zero attached hydrogens (tertiary/aromatic N) is 1. The molecule has 9 heteroatoms. The van der Waals surface area contributed by atoms with Crippen LogP contribution in [0.1, 0.15) is 73.8 Å². The average molecular weight is 565 g/mol. The predicted molar refractivity (Wildman–Crippen MR) is 141 cm³/mol. The van der Waals surface area contributed by atoms with Crippen molar-refractivity contribution in [3.8, 4) is 0 Å². The van der Waals surface area contributed by atoms with Crippen LogP contribution in [0.3, 0.4) is 0 Å². The largest absolute Gasteiger partial charge is 0.416 e. The van der Waals surface area contributed by atoms with Crippen LogP contribution in [0.4, 0.5) is 26.3 Å². The molecule has 0 bridgehead atoms. The van der Waals surface area contributed by atoms with Gasteiger partial charge in [-0.1, -0.05) is 50.3 Å². The topological polar surface area (TPSA) is 32.3 Å². The van der Waals surface area contributed by atoms with E-state index in [9.17, 15) is 31.1 Å². The average Bonchev–Trinajstić information content (AvgIpc) is 3.51. The first-order valence-electron chi connectivity index (χ1n) is 13.8. The standard InChI is InChI=1S/C31H34F6N2O/c1-20(2)29(27(40)38-19-21-15-23(30(32,33)34)17-24(16-21)31(35,36)37)10-8-25(18-29)39-13-11-28(12-14-39)9-7-22-5-3-4-6-26(22)28/h3-7,9,15-17,20,25H,8,10-14,18-19H2,1-2H3,(H,38,40). The van der Waals surface area contributed by atoms with Gasteiger partial charge in [-0.25, -0.2) is 0 Å². The summed E-state index contributed by atoms with van der Waals surface area (Å²) < 4.78 is 79.6. The molecule has 3 aliphatic rings. The number of fused-ring (bicyclic) bond motifs is 2. The molecule has 2 fully saturated rings. The van der Waals surface area contributed by atoms with Crippen LogP contribution in [0.15, 0.2) is 48.5 Å². The number of carbonyl (C=O) groups excluding carboxylic acids is 1. The molecular formula is C31H34F6N2O. The Kier molecular flexibility index (Phi) is 7.34. The summed E-state index contributed by atoms with van der Waals surface area (Å²) in [6.45, 7) is 5.33. The lowest BCUT2D eigenvalue weighted by molar-refractivity contribution is -0.143. The number of alkyl halides is 6. The molecule has 2 aromatic rings. The third kappa shape index (κ3) is 5.29. The summed E-state index contributed by atoms with van der Waals surface area (Å²) in [6.07, 6.45) is -1.27. The summed E-state index contributed by atoms with van der Waals surface area (Å²) in [6, 6.07) is 10.1. The number of likely N-dealkylation sites (tertiary alicyclic amines) is 1. The van der Waals surface area contributed by atoms with Crippen LogP contribution >= 0.6 is 0 Å². The molecule has 216 valence electrons. The Morgan fingerprint density at radius 3 is 2.20 bits per heavy atom. The summed E-state index contributed by atoms with van der Waals surface area (Å²) in [5, 5.41) is 2.69. The molecule has 40 heavy (non-hydrogen) atoms. The van der Waals surface area contributed by atoms with E-state index < -0.39 is 35.4 Å². The maximum absolute atomic E-state index is 13.5. The number of piperidine rings is 1. The molecule has 0 radical (unpaired) electrons. The van der Waals surface area contributed by atoms with Crippen LogP contribution in [0.25, 0.3) is 6.08 Å². The normalized spacial score (nSPS) is 24.6. The fourth-order valence-corrected chi connectivity index (χ4v) is 6.99. The number of hydrogen-bond donors (Lipinski definition) is 1. The second kappa shape index (κ2) is 10.2. The van der Waals surface area contributed by atoms with Crippen molar-refractivity contribution in [1.29, 1.82) is 0 Å². The Balaban J connectivity index is 1.26. The number of hydrogen-bond acceptors (Lipinski definition) is 2. The number of carbonyl (C=O) groups is 1. The molecule has 2 unspecified atom stereocenters. The monoisotopic (exact) mass is 564 g/mol. The van der Waals surface area contributed by atoms with Gasteiger partial charge in [-0.3, -0.25) is 4.79 Å². The van der Waals surface area contributed by atoms with Crippen LogP contribution in [0.5, 0.6) is 0 Å². The molecule has 1 saturated heterocycles. The smallest absolute Gasteiger partial charge is 0.352 e. The van der Waals surface area contributed by atoms with Gasteiger partial charge in [0.25, 0.3) is 0 Å². The third-order valence-electron chi connectivity index (χ3n) is 9.47. The SMILES string of the molecule is CC(C)C1(C(=O)NCc2cc(C(F)(F)F)cc(C(F)(F)F)c2)CCC(N2CCC3(C=Cc4ccccc43)CC2)C1. The van der Waals surface area contributed by atoms with Crippen molar-refractivity contribution < 1.29 is 31.1 Å². The van der Waals surface area contributed by atoms with Gasteiger partial charge in [0, 0.05) is 18.0 Å². The van der Waals surface area contributed by atoms with E-state index >= 15 is 0 Å². The summed E-state index contributed by atoms with van der Waals surface area (Å²) in [4.78, 5) is 16.0. The molecule has 1 spiro atoms. The van der Waals surface area contributed by atoms with Gasteiger partial charge < -0.3 is 10.2 Å².